The predicted molar refractivity (Wildman–Crippen MR) is 221 cm³/mol. The Hall–Kier alpha value is -6.30. The van der Waals surface area contributed by atoms with Crippen molar-refractivity contribution in [2.75, 3.05) is 62.9 Å². The number of anilines is 3. The van der Waals surface area contributed by atoms with Crippen LogP contribution in [-0.2, 0) is 20.9 Å². The van der Waals surface area contributed by atoms with Crippen LogP contribution in [0.4, 0.5) is 30.8 Å². The lowest BCUT2D eigenvalue weighted by Gasteiger charge is -2.50. The highest BCUT2D eigenvalue weighted by atomic mass is 19.1. The first-order valence-electron chi connectivity index (χ1n) is 20.4. The largest absolute Gasteiger partial charge is 0.384 e. The van der Waals surface area contributed by atoms with E-state index in [0.717, 1.165) is 25.3 Å². The lowest BCUT2D eigenvalue weighted by Crippen LogP contribution is -2.62. The van der Waals surface area contributed by atoms with Crippen molar-refractivity contribution >= 4 is 51.5 Å². The normalized spacial score (nSPS) is 21.1. The van der Waals surface area contributed by atoms with E-state index in [0.29, 0.717) is 95.8 Å². The molecule has 2 spiro atoms. The number of nitrogen functional groups attached to an aromatic ring is 1. The number of likely N-dealkylation sites (tertiary alicyclic amines) is 1. The third-order valence-electron chi connectivity index (χ3n) is 13.2. The highest BCUT2D eigenvalue weighted by molar-refractivity contribution is 5.94. The van der Waals surface area contributed by atoms with Crippen LogP contribution in [0.15, 0.2) is 54.7 Å². The second-order valence-electron chi connectivity index (χ2n) is 17.3. The van der Waals surface area contributed by atoms with Crippen LogP contribution in [0.5, 0.6) is 0 Å². The Balaban J connectivity index is 0.989. The number of rotatable bonds is 10. The maximum absolute atomic E-state index is 15.4. The number of hydrogen-bond acceptors (Lipinski definition) is 11. The van der Waals surface area contributed by atoms with E-state index < -0.39 is 35.1 Å². The van der Waals surface area contributed by atoms with Crippen LogP contribution >= 0.6 is 0 Å². The molecule has 4 aromatic heterocycles. The summed E-state index contributed by atoms with van der Waals surface area (Å²) in [5.74, 6) is -0.281. The Morgan fingerprint density at radius 2 is 1.85 bits per heavy atom. The average Bonchev–Trinajstić information content (AvgIpc) is 3.44. The minimum atomic E-state index is -0.806. The van der Waals surface area contributed by atoms with Crippen molar-refractivity contribution in [1.82, 2.24) is 44.1 Å². The molecule has 4 aliphatic rings. The third kappa shape index (κ3) is 6.49. The van der Waals surface area contributed by atoms with Crippen LogP contribution in [0.25, 0.3) is 39.0 Å². The number of halogens is 3. The van der Waals surface area contributed by atoms with E-state index in [2.05, 4.69) is 15.1 Å². The van der Waals surface area contributed by atoms with Gasteiger partial charge in [0.1, 0.15) is 40.8 Å². The maximum Gasteiger partial charge on any atom is 0.245 e. The Morgan fingerprint density at radius 3 is 2.54 bits per heavy atom. The Bertz CT molecular complexity index is 2770. The SMILES string of the molecule is CO[C@@H](CN(C)C(=O)[C@@H]1CC2(CC2)CN1c1nc(N2CCC23CC(=O)N(C)C3)nc2c1cnn2-c1ccc(F)cc1F)Cn1c(C)nc2cc(F)cc(-c3cccc(N)n3)c21. The Morgan fingerprint density at radius 1 is 1.03 bits per heavy atom. The van der Waals surface area contributed by atoms with Crippen molar-refractivity contribution in [2.24, 2.45) is 5.41 Å². The fourth-order valence-electron chi connectivity index (χ4n) is 9.72. The summed E-state index contributed by atoms with van der Waals surface area (Å²) in [6.45, 7) is 4.06. The molecule has 3 saturated heterocycles. The average molecular weight is 835 g/mol. The van der Waals surface area contributed by atoms with Crippen molar-refractivity contribution < 1.29 is 27.5 Å². The molecule has 0 radical (unpaired) electrons. The number of benzene rings is 2. The fourth-order valence-corrected chi connectivity index (χ4v) is 9.72. The quantitative estimate of drug-likeness (QED) is 0.201. The van der Waals surface area contributed by atoms with Gasteiger partial charge in [-0.25, -0.2) is 27.8 Å². The second kappa shape index (κ2) is 14.1. The molecule has 10 rings (SSSR count). The zero-order valence-electron chi connectivity index (χ0n) is 34.3. The van der Waals surface area contributed by atoms with Gasteiger partial charge in [0.05, 0.1) is 52.9 Å². The molecule has 15 nitrogen and oxygen atoms in total. The number of likely N-dealkylation sites (N-methyl/N-ethyl adjacent to an activating group) is 2. The number of imidazole rings is 1. The maximum atomic E-state index is 15.4. The van der Waals surface area contributed by atoms with E-state index in [-0.39, 0.29) is 29.5 Å². The molecule has 18 heteroatoms. The van der Waals surface area contributed by atoms with Gasteiger partial charge in [-0.1, -0.05) is 6.07 Å². The molecule has 2 N–H and O–H groups in total. The zero-order chi connectivity index (χ0) is 42.5. The molecule has 3 aliphatic heterocycles. The summed E-state index contributed by atoms with van der Waals surface area (Å²) in [4.78, 5) is 54.4. The Labute approximate surface area is 348 Å². The summed E-state index contributed by atoms with van der Waals surface area (Å²) < 4.78 is 53.7. The van der Waals surface area contributed by atoms with Gasteiger partial charge in [-0.3, -0.25) is 9.59 Å². The lowest BCUT2D eigenvalue weighted by atomic mass is 9.84. The van der Waals surface area contributed by atoms with Gasteiger partial charge < -0.3 is 34.6 Å². The summed E-state index contributed by atoms with van der Waals surface area (Å²) >= 11 is 0. The van der Waals surface area contributed by atoms with Gasteiger partial charge in [0.25, 0.3) is 0 Å². The molecule has 3 atom stereocenters. The van der Waals surface area contributed by atoms with Crippen molar-refractivity contribution in [3.63, 3.8) is 0 Å². The van der Waals surface area contributed by atoms with Crippen molar-refractivity contribution in [1.29, 1.82) is 0 Å². The molecule has 1 saturated carbocycles. The number of hydrogen-bond donors (Lipinski definition) is 1. The van der Waals surface area contributed by atoms with Crippen LogP contribution in [-0.4, -0.2) is 121 Å². The highest BCUT2D eigenvalue weighted by Gasteiger charge is 2.56. The fraction of sp³-hybridized carbons (Fsp3) is 0.419. The van der Waals surface area contributed by atoms with Crippen LogP contribution in [0.3, 0.4) is 0 Å². The molecule has 1 aliphatic carbocycles. The monoisotopic (exact) mass is 834 g/mol. The van der Waals surface area contributed by atoms with E-state index in [4.69, 9.17) is 20.4 Å². The van der Waals surface area contributed by atoms with Crippen molar-refractivity contribution in [2.45, 2.75) is 63.3 Å². The molecule has 7 heterocycles. The van der Waals surface area contributed by atoms with Crippen LogP contribution < -0.4 is 15.5 Å². The smallest absolute Gasteiger partial charge is 0.245 e. The molecule has 6 aromatic rings. The number of nitrogens with two attached hydrogens (primary N) is 1. The molecule has 0 bridgehead atoms. The van der Waals surface area contributed by atoms with Gasteiger partial charge in [-0.15, -0.1) is 0 Å². The van der Waals surface area contributed by atoms with Gasteiger partial charge in [-0.2, -0.15) is 15.1 Å². The Kier molecular flexibility index (Phi) is 9.01. The number of aromatic nitrogens is 7. The summed E-state index contributed by atoms with van der Waals surface area (Å²) in [5, 5.41) is 5.06. The summed E-state index contributed by atoms with van der Waals surface area (Å²) in [6, 6.07) is 10.7. The van der Waals surface area contributed by atoms with Crippen molar-refractivity contribution in [3.8, 4) is 16.9 Å². The van der Waals surface area contributed by atoms with Gasteiger partial charge in [0.15, 0.2) is 11.5 Å². The highest BCUT2D eigenvalue weighted by Crippen LogP contribution is 2.56. The van der Waals surface area contributed by atoms with Crippen LogP contribution in [0, 0.1) is 29.8 Å². The van der Waals surface area contributed by atoms with E-state index in [1.54, 1.807) is 55.4 Å². The van der Waals surface area contributed by atoms with E-state index in [1.165, 1.54) is 28.9 Å². The molecule has 2 aromatic carbocycles. The molecule has 2 amide bonds. The summed E-state index contributed by atoms with van der Waals surface area (Å²) in [7, 11) is 5.14. The number of fused-ring (bicyclic) bond motifs is 2. The minimum Gasteiger partial charge on any atom is -0.384 e. The summed E-state index contributed by atoms with van der Waals surface area (Å²) in [5.41, 5.74) is 7.94. The number of carbonyl (C=O) groups is 2. The van der Waals surface area contributed by atoms with E-state index in [9.17, 15) is 18.4 Å². The standard InChI is InChI=1S/C43H45F3N12O3/c1-24-49-32-16-26(45)14-28(31-6-5-7-35(47)50-31)37(32)55(24)21-27(61-4)20-53(2)40(60)34-17-42(10-11-42)22-56(34)38-29-19-48-58(33-9-8-25(44)15-30(33)46)39(29)52-41(51-38)57-13-12-43(57)18-36(59)54(3)23-43/h5-9,14-16,19,27,34H,10-13,17-18,20-23H2,1-4H3,(H2,47,50)/t27-,34-,43?/m0/s1. The first-order chi connectivity index (χ1) is 29.2. The first kappa shape index (κ1) is 38.9. The molecule has 316 valence electrons. The second-order valence-corrected chi connectivity index (χ2v) is 17.3. The minimum absolute atomic E-state index is 0.0153. The number of amides is 2. The van der Waals surface area contributed by atoms with Gasteiger partial charge in [0.2, 0.25) is 17.8 Å². The number of aryl methyl sites for hydroxylation is 1. The number of carbonyl (C=O) groups excluding carboxylic acids is 2. The van der Waals surface area contributed by atoms with Crippen LogP contribution in [0.2, 0.25) is 0 Å². The number of pyridine rings is 1. The lowest BCUT2D eigenvalue weighted by molar-refractivity contribution is -0.133. The zero-order valence-corrected chi connectivity index (χ0v) is 34.3. The molecule has 4 fully saturated rings. The van der Waals surface area contributed by atoms with Gasteiger partial charge in [0, 0.05) is 65.1 Å². The molecule has 61 heavy (non-hydrogen) atoms. The third-order valence-corrected chi connectivity index (χ3v) is 13.2. The first-order valence-corrected chi connectivity index (χ1v) is 20.4. The summed E-state index contributed by atoms with van der Waals surface area (Å²) in [6.07, 6.45) is 4.69. The molecule has 1 unspecified atom stereocenters. The predicted octanol–water partition coefficient (Wildman–Crippen LogP) is 4.88. The number of nitrogens with zero attached hydrogens (tertiary/aromatic N) is 11. The van der Waals surface area contributed by atoms with Gasteiger partial charge in [-0.05, 0) is 68.4 Å². The van der Waals surface area contributed by atoms with E-state index >= 15 is 4.39 Å². The number of methoxy groups -OCH3 is 1. The number of ether oxygens (including phenoxy) is 1. The molecular weight excluding hydrogens is 790 g/mol. The van der Waals surface area contributed by atoms with Crippen LogP contribution in [0.1, 0.15) is 37.9 Å². The van der Waals surface area contributed by atoms with E-state index in [1.807, 2.05) is 21.3 Å². The van der Waals surface area contributed by atoms with Crippen molar-refractivity contribution in [3.05, 3.63) is 78.0 Å². The molecular formula is C43H45F3N12O3. The topological polar surface area (TPSA) is 157 Å². The van der Waals surface area contributed by atoms with Gasteiger partial charge >= 0.3 is 0 Å².